The summed E-state index contributed by atoms with van der Waals surface area (Å²) in [5.41, 5.74) is 4.16. The highest BCUT2D eigenvalue weighted by Gasteiger charge is 2.27. The molecule has 0 fully saturated rings. The molecule has 2 aromatic carbocycles. The van der Waals surface area contributed by atoms with E-state index in [0.29, 0.717) is 29.0 Å². The van der Waals surface area contributed by atoms with Gasteiger partial charge in [0.15, 0.2) is 17.3 Å². The molecule has 1 N–H and O–H groups in total. The van der Waals surface area contributed by atoms with Crippen LogP contribution in [-0.4, -0.2) is 47.2 Å². The Morgan fingerprint density at radius 1 is 1.16 bits per heavy atom. The molecule has 2 aromatic heterocycles. The second-order valence-corrected chi connectivity index (χ2v) is 8.12. The summed E-state index contributed by atoms with van der Waals surface area (Å²) in [5.74, 6) is 0.657. The van der Waals surface area contributed by atoms with E-state index in [1.807, 2.05) is 6.07 Å². The van der Waals surface area contributed by atoms with Crippen LogP contribution >= 0.6 is 0 Å². The van der Waals surface area contributed by atoms with Gasteiger partial charge in [-0.2, -0.15) is 0 Å². The highest BCUT2D eigenvalue weighted by Crippen LogP contribution is 2.40. The lowest BCUT2D eigenvalue weighted by Gasteiger charge is -2.33. The Hall–Kier alpha value is -3.38. The first-order valence-electron chi connectivity index (χ1n) is 10.6. The van der Waals surface area contributed by atoms with Crippen molar-refractivity contribution in [3.05, 3.63) is 72.3 Å². The van der Waals surface area contributed by atoms with Crippen LogP contribution in [0.5, 0.6) is 11.5 Å². The van der Waals surface area contributed by atoms with Crippen LogP contribution in [0, 0.1) is 5.82 Å². The van der Waals surface area contributed by atoms with E-state index < -0.39 is 0 Å². The van der Waals surface area contributed by atoms with E-state index in [1.165, 1.54) is 28.1 Å². The standard InChI is InChI=1S/C25H22FN3O2/c26-21-12-23-25(19-5-3-9-27-24(19)21)31-17(15-30-23)14-29-10-7-16(8-11-29)20-13-28-22-6-2-1-4-18(20)22/h1-7,9,12-13,17,28H,8,10-11,14-15H2. The van der Waals surface area contributed by atoms with Gasteiger partial charge in [0.1, 0.15) is 18.2 Å². The molecule has 0 radical (unpaired) electrons. The van der Waals surface area contributed by atoms with Gasteiger partial charge < -0.3 is 14.5 Å². The Bertz CT molecular complexity index is 1310. The lowest BCUT2D eigenvalue weighted by atomic mass is 9.99. The summed E-state index contributed by atoms with van der Waals surface area (Å²) in [6.07, 6.45) is 6.89. The first-order chi connectivity index (χ1) is 15.3. The zero-order valence-electron chi connectivity index (χ0n) is 17.0. The lowest BCUT2D eigenvalue weighted by Crippen LogP contribution is -2.42. The number of ether oxygens (including phenoxy) is 2. The molecule has 0 amide bonds. The first kappa shape index (κ1) is 18.4. The molecule has 0 bridgehead atoms. The summed E-state index contributed by atoms with van der Waals surface area (Å²) in [6.45, 7) is 3.00. The van der Waals surface area contributed by atoms with Crippen LogP contribution in [0.1, 0.15) is 12.0 Å². The second-order valence-electron chi connectivity index (χ2n) is 8.12. The molecule has 6 rings (SSSR count). The Kier molecular flexibility index (Phi) is 4.39. The second kappa shape index (κ2) is 7.39. The van der Waals surface area contributed by atoms with Crippen LogP contribution in [0.25, 0.3) is 27.4 Å². The molecule has 1 atom stereocenters. The van der Waals surface area contributed by atoms with Gasteiger partial charge in [0.05, 0.1) is 0 Å². The molecule has 4 heterocycles. The molecule has 4 aromatic rings. The van der Waals surface area contributed by atoms with Crippen molar-refractivity contribution in [1.82, 2.24) is 14.9 Å². The molecular weight excluding hydrogens is 393 g/mol. The van der Waals surface area contributed by atoms with Gasteiger partial charge in [0, 0.05) is 59.9 Å². The Morgan fingerprint density at radius 3 is 2.97 bits per heavy atom. The molecule has 0 saturated heterocycles. The van der Waals surface area contributed by atoms with Gasteiger partial charge in [-0.1, -0.05) is 24.3 Å². The summed E-state index contributed by atoms with van der Waals surface area (Å²) in [4.78, 5) is 9.90. The van der Waals surface area contributed by atoms with E-state index in [4.69, 9.17) is 9.47 Å². The summed E-state index contributed by atoms with van der Waals surface area (Å²) < 4.78 is 26.4. The molecule has 2 aliphatic heterocycles. The largest absolute Gasteiger partial charge is 0.486 e. The average molecular weight is 415 g/mol. The fourth-order valence-corrected chi connectivity index (χ4v) is 4.61. The number of hydrogen-bond acceptors (Lipinski definition) is 4. The number of rotatable bonds is 3. The van der Waals surface area contributed by atoms with Crippen molar-refractivity contribution in [1.29, 1.82) is 0 Å². The molecule has 0 saturated carbocycles. The minimum atomic E-state index is -0.387. The van der Waals surface area contributed by atoms with Crippen molar-refractivity contribution < 1.29 is 13.9 Å². The summed E-state index contributed by atoms with van der Waals surface area (Å²) in [6, 6.07) is 13.4. The number of nitrogens with zero attached hydrogens (tertiary/aromatic N) is 2. The van der Waals surface area contributed by atoms with Gasteiger partial charge in [-0.05, 0) is 30.2 Å². The van der Waals surface area contributed by atoms with Gasteiger partial charge in [-0.25, -0.2) is 4.39 Å². The third-order valence-corrected chi connectivity index (χ3v) is 6.16. The van der Waals surface area contributed by atoms with Crippen LogP contribution in [0.4, 0.5) is 4.39 Å². The topological polar surface area (TPSA) is 50.4 Å². The maximum Gasteiger partial charge on any atom is 0.171 e. The molecular formula is C25H22FN3O2. The summed E-state index contributed by atoms with van der Waals surface area (Å²) in [7, 11) is 0. The predicted octanol–water partition coefficient (Wildman–Crippen LogP) is 4.78. The molecule has 0 aliphatic carbocycles. The minimum Gasteiger partial charge on any atom is -0.486 e. The third kappa shape index (κ3) is 3.24. The van der Waals surface area contributed by atoms with Crippen molar-refractivity contribution in [2.24, 2.45) is 0 Å². The predicted molar refractivity (Wildman–Crippen MR) is 119 cm³/mol. The quantitative estimate of drug-likeness (QED) is 0.523. The van der Waals surface area contributed by atoms with E-state index >= 15 is 0 Å². The van der Waals surface area contributed by atoms with Crippen molar-refractivity contribution in [2.75, 3.05) is 26.2 Å². The SMILES string of the molecule is Fc1cc2c(c3cccnc13)OC(CN1CC=C(c3c[nH]c4ccccc34)CC1)CO2. The van der Waals surface area contributed by atoms with Gasteiger partial charge in [0.25, 0.3) is 0 Å². The van der Waals surface area contributed by atoms with Crippen molar-refractivity contribution in [2.45, 2.75) is 12.5 Å². The Morgan fingerprint density at radius 2 is 2.06 bits per heavy atom. The molecule has 0 spiro atoms. The van der Waals surface area contributed by atoms with Crippen molar-refractivity contribution in [3.63, 3.8) is 0 Å². The van der Waals surface area contributed by atoms with Crippen LogP contribution in [0.2, 0.25) is 0 Å². The van der Waals surface area contributed by atoms with E-state index in [-0.39, 0.29) is 11.9 Å². The number of halogens is 1. The molecule has 156 valence electrons. The monoisotopic (exact) mass is 415 g/mol. The number of benzene rings is 2. The molecule has 1 unspecified atom stereocenters. The summed E-state index contributed by atoms with van der Waals surface area (Å²) in [5, 5.41) is 1.93. The third-order valence-electron chi connectivity index (χ3n) is 6.16. The highest BCUT2D eigenvalue weighted by molar-refractivity contribution is 5.92. The molecule has 5 nitrogen and oxygen atoms in total. The minimum absolute atomic E-state index is 0.107. The van der Waals surface area contributed by atoms with Crippen molar-refractivity contribution >= 4 is 27.4 Å². The van der Waals surface area contributed by atoms with Gasteiger partial charge in [-0.15, -0.1) is 0 Å². The normalized spacial score (nSPS) is 19.0. The van der Waals surface area contributed by atoms with Crippen molar-refractivity contribution in [3.8, 4) is 11.5 Å². The van der Waals surface area contributed by atoms with Gasteiger partial charge in [-0.3, -0.25) is 9.88 Å². The van der Waals surface area contributed by atoms with E-state index in [0.717, 1.165) is 26.1 Å². The number of fused-ring (bicyclic) bond motifs is 4. The first-order valence-corrected chi connectivity index (χ1v) is 10.6. The maximum atomic E-state index is 14.3. The molecule has 31 heavy (non-hydrogen) atoms. The molecule has 6 heteroatoms. The number of nitrogens with one attached hydrogen (secondary N) is 1. The van der Waals surface area contributed by atoms with E-state index in [2.05, 4.69) is 51.4 Å². The zero-order valence-corrected chi connectivity index (χ0v) is 17.0. The fraction of sp³-hybridized carbons (Fsp3) is 0.240. The Labute approximate surface area is 179 Å². The smallest absolute Gasteiger partial charge is 0.171 e. The van der Waals surface area contributed by atoms with Crippen LogP contribution < -0.4 is 9.47 Å². The van der Waals surface area contributed by atoms with E-state index in [9.17, 15) is 4.39 Å². The molecule has 2 aliphatic rings. The van der Waals surface area contributed by atoms with Gasteiger partial charge >= 0.3 is 0 Å². The number of hydrogen-bond donors (Lipinski definition) is 1. The number of aromatic nitrogens is 2. The van der Waals surface area contributed by atoms with Crippen LogP contribution in [0.3, 0.4) is 0 Å². The average Bonchev–Trinajstić information content (AvgIpc) is 3.25. The number of para-hydroxylation sites is 1. The van der Waals surface area contributed by atoms with Crippen LogP contribution in [0.15, 0.2) is 60.9 Å². The van der Waals surface area contributed by atoms with Crippen LogP contribution in [-0.2, 0) is 0 Å². The lowest BCUT2D eigenvalue weighted by molar-refractivity contribution is 0.0629. The van der Waals surface area contributed by atoms with E-state index in [1.54, 1.807) is 12.3 Å². The number of aromatic amines is 1. The van der Waals surface area contributed by atoms with Gasteiger partial charge in [0.2, 0.25) is 0 Å². The number of H-pyrrole nitrogens is 1. The highest BCUT2D eigenvalue weighted by atomic mass is 19.1. The maximum absolute atomic E-state index is 14.3. The number of pyridine rings is 1. The summed E-state index contributed by atoms with van der Waals surface area (Å²) >= 11 is 0. The fourth-order valence-electron chi connectivity index (χ4n) is 4.61. The Balaban J connectivity index is 1.18. The zero-order chi connectivity index (χ0) is 20.8.